The average molecular weight is 479 g/mol. The quantitative estimate of drug-likeness (QED) is 0.245. The van der Waals surface area contributed by atoms with E-state index < -0.39 is 0 Å². The van der Waals surface area contributed by atoms with Gasteiger partial charge in [-0.05, 0) is 53.1 Å². The molecule has 0 aliphatic rings. The number of hydrogen-bond donors (Lipinski definition) is 3. The zero-order chi connectivity index (χ0) is 23.8. The molecular formula is C26H22N8S. The van der Waals surface area contributed by atoms with Gasteiger partial charge in [0.2, 0.25) is 0 Å². The number of imidazole rings is 1. The third kappa shape index (κ3) is 3.95. The molecule has 0 saturated carbocycles. The first-order valence-corrected chi connectivity index (χ1v) is 12.3. The van der Waals surface area contributed by atoms with Gasteiger partial charge in [-0.2, -0.15) is 16.4 Å². The second-order valence-electron chi connectivity index (χ2n) is 8.26. The molecule has 6 heterocycles. The van der Waals surface area contributed by atoms with E-state index in [1.54, 1.807) is 29.9 Å². The van der Waals surface area contributed by atoms with Gasteiger partial charge in [0.05, 0.1) is 28.6 Å². The molecule has 6 aromatic heterocycles. The van der Waals surface area contributed by atoms with E-state index in [9.17, 15) is 0 Å². The van der Waals surface area contributed by atoms with Crippen LogP contribution in [0.2, 0.25) is 0 Å². The first kappa shape index (κ1) is 21.2. The summed E-state index contributed by atoms with van der Waals surface area (Å²) in [6.07, 6.45) is 7.32. The summed E-state index contributed by atoms with van der Waals surface area (Å²) in [5.74, 6) is 0.621. The van der Waals surface area contributed by atoms with Gasteiger partial charge in [0.15, 0.2) is 17.2 Å². The molecule has 0 amide bonds. The van der Waals surface area contributed by atoms with E-state index in [1.165, 1.54) is 0 Å². The van der Waals surface area contributed by atoms with Gasteiger partial charge in [0, 0.05) is 29.2 Å². The molecule has 0 aliphatic heterocycles. The summed E-state index contributed by atoms with van der Waals surface area (Å²) in [6.45, 7) is 6.21. The molecule has 0 aromatic carbocycles. The highest BCUT2D eigenvalue weighted by Gasteiger charge is 2.17. The van der Waals surface area contributed by atoms with Crippen LogP contribution in [0, 0.1) is 0 Å². The van der Waals surface area contributed by atoms with E-state index in [1.807, 2.05) is 24.3 Å². The van der Waals surface area contributed by atoms with Gasteiger partial charge >= 0.3 is 0 Å². The molecule has 6 rings (SSSR count). The van der Waals surface area contributed by atoms with E-state index in [4.69, 9.17) is 9.97 Å². The van der Waals surface area contributed by atoms with E-state index in [2.05, 4.69) is 60.8 Å². The van der Waals surface area contributed by atoms with Crippen molar-refractivity contribution >= 4 is 39.2 Å². The van der Waals surface area contributed by atoms with Crippen molar-refractivity contribution in [1.29, 1.82) is 0 Å². The molecule has 3 N–H and O–H groups in total. The second kappa shape index (κ2) is 8.77. The third-order valence-electron chi connectivity index (χ3n) is 5.76. The van der Waals surface area contributed by atoms with E-state index in [-0.39, 0.29) is 0 Å². The van der Waals surface area contributed by atoms with Gasteiger partial charge in [-0.1, -0.05) is 19.9 Å². The lowest BCUT2D eigenvalue weighted by atomic mass is 10.1. The van der Waals surface area contributed by atoms with Crippen molar-refractivity contribution in [3.8, 4) is 33.9 Å². The van der Waals surface area contributed by atoms with Crippen molar-refractivity contribution in [2.24, 2.45) is 0 Å². The third-order valence-corrected chi connectivity index (χ3v) is 6.45. The molecular weight excluding hydrogens is 456 g/mol. The Morgan fingerprint density at radius 1 is 1.11 bits per heavy atom. The maximum atomic E-state index is 4.92. The van der Waals surface area contributed by atoms with Crippen molar-refractivity contribution in [2.45, 2.75) is 19.8 Å². The number of anilines is 1. The summed E-state index contributed by atoms with van der Waals surface area (Å²) in [6, 6.07) is 10.0. The smallest absolute Gasteiger partial charge is 0.178 e. The normalized spacial score (nSPS) is 11.3. The molecule has 9 heteroatoms. The van der Waals surface area contributed by atoms with Crippen LogP contribution in [0.4, 0.5) is 5.69 Å². The predicted octanol–water partition coefficient (Wildman–Crippen LogP) is 6.41. The van der Waals surface area contributed by atoms with Crippen LogP contribution in [-0.4, -0.2) is 35.1 Å². The van der Waals surface area contributed by atoms with Crippen molar-refractivity contribution in [3.63, 3.8) is 0 Å². The highest BCUT2D eigenvalue weighted by molar-refractivity contribution is 7.08. The Kier molecular flexibility index (Phi) is 5.31. The minimum absolute atomic E-state index is 0.621. The molecule has 0 atom stereocenters. The Balaban J connectivity index is 1.40. The van der Waals surface area contributed by atoms with Gasteiger partial charge in [-0.3, -0.25) is 10.1 Å². The van der Waals surface area contributed by atoms with Crippen molar-refractivity contribution in [3.05, 3.63) is 72.0 Å². The molecule has 6 aromatic rings. The summed E-state index contributed by atoms with van der Waals surface area (Å²) >= 11 is 1.66. The van der Waals surface area contributed by atoms with E-state index in [0.717, 1.165) is 63.2 Å². The number of allylic oxidation sites excluding steroid dienone is 1. The number of thiophene rings is 1. The van der Waals surface area contributed by atoms with Crippen LogP contribution in [0.3, 0.4) is 0 Å². The SMILES string of the molecule is C=C(CCC)Nc1cncc(-c2ccc3[nH]nc(-c4nc5nccc(-c6ccsc6)c5[nH]4)c3n2)c1. The highest BCUT2D eigenvalue weighted by Crippen LogP contribution is 2.32. The fraction of sp³-hybridized carbons (Fsp3) is 0.115. The molecule has 0 spiro atoms. The van der Waals surface area contributed by atoms with Crippen LogP contribution in [0.15, 0.2) is 72.0 Å². The van der Waals surface area contributed by atoms with Gasteiger partial charge in [-0.15, -0.1) is 0 Å². The van der Waals surface area contributed by atoms with Crippen LogP contribution in [0.5, 0.6) is 0 Å². The van der Waals surface area contributed by atoms with Crippen LogP contribution >= 0.6 is 11.3 Å². The fourth-order valence-electron chi connectivity index (χ4n) is 4.12. The molecule has 0 aliphatic carbocycles. The Morgan fingerprint density at radius 2 is 2.06 bits per heavy atom. The van der Waals surface area contributed by atoms with E-state index in [0.29, 0.717) is 17.2 Å². The Hall–Kier alpha value is -4.37. The maximum absolute atomic E-state index is 4.92. The number of fused-ring (bicyclic) bond motifs is 2. The zero-order valence-electron chi connectivity index (χ0n) is 19.0. The van der Waals surface area contributed by atoms with Gasteiger partial charge in [0.25, 0.3) is 0 Å². The minimum atomic E-state index is 0.621. The standard InChI is InChI=1S/C26H22N8S/c1-3-4-15(2)29-18-11-17(12-27-13-18)20-5-6-21-23(30-20)24(34-33-21)26-31-22-19(16-8-10-35-14-16)7-9-28-25(22)32-26/h5-14,29H,2-4H2,1H3,(H,33,34)(H,28,31,32). The summed E-state index contributed by atoms with van der Waals surface area (Å²) in [5, 5.41) is 15.1. The highest BCUT2D eigenvalue weighted by atomic mass is 32.1. The number of aromatic nitrogens is 7. The topological polar surface area (TPSA) is 108 Å². The van der Waals surface area contributed by atoms with Crippen LogP contribution in [0.25, 0.3) is 56.1 Å². The molecule has 0 fully saturated rings. The summed E-state index contributed by atoms with van der Waals surface area (Å²) < 4.78 is 0. The van der Waals surface area contributed by atoms with Crippen LogP contribution in [-0.2, 0) is 0 Å². The van der Waals surface area contributed by atoms with Crippen LogP contribution < -0.4 is 5.32 Å². The van der Waals surface area contributed by atoms with Gasteiger partial charge in [-0.25, -0.2) is 15.0 Å². The lowest BCUT2D eigenvalue weighted by Gasteiger charge is -2.09. The molecule has 0 unspecified atom stereocenters. The monoisotopic (exact) mass is 478 g/mol. The maximum Gasteiger partial charge on any atom is 0.178 e. The summed E-state index contributed by atoms with van der Waals surface area (Å²) in [4.78, 5) is 21.9. The summed E-state index contributed by atoms with van der Waals surface area (Å²) in [7, 11) is 0. The Morgan fingerprint density at radius 3 is 2.91 bits per heavy atom. The first-order valence-electron chi connectivity index (χ1n) is 11.3. The van der Waals surface area contributed by atoms with Crippen LogP contribution in [0.1, 0.15) is 19.8 Å². The van der Waals surface area contributed by atoms with E-state index >= 15 is 0 Å². The minimum Gasteiger partial charge on any atom is -0.358 e. The van der Waals surface area contributed by atoms with Gasteiger partial charge in [0.1, 0.15) is 5.52 Å². The number of pyridine rings is 3. The number of nitrogens with one attached hydrogen (secondary N) is 3. The second-order valence-corrected chi connectivity index (χ2v) is 9.04. The predicted molar refractivity (Wildman–Crippen MR) is 141 cm³/mol. The zero-order valence-corrected chi connectivity index (χ0v) is 19.9. The largest absolute Gasteiger partial charge is 0.358 e. The molecule has 0 radical (unpaired) electrons. The van der Waals surface area contributed by atoms with Crippen molar-refractivity contribution in [2.75, 3.05) is 5.32 Å². The van der Waals surface area contributed by atoms with Crippen molar-refractivity contribution < 1.29 is 0 Å². The van der Waals surface area contributed by atoms with Gasteiger partial charge < -0.3 is 10.3 Å². The van der Waals surface area contributed by atoms with Crippen molar-refractivity contribution in [1.82, 2.24) is 35.1 Å². The number of H-pyrrole nitrogens is 2. The molecule has 0 saturated heterocycles. The molecule has 8 nitrogen and oxygen atoms in total. The molecule has 35 heavy (non-hydrogen) atoms. The lowest BCUT2D eigenvalue weighted by molar-refractivity contribution is 0.913. The fourth-order valence-corrected chi connectivity index (χ4v) is 4.78. The Labute approximate surface area is 205 Å². The lowest BCUT2D eigenvalue weighted by Crippen LogP contribution is -1.98. The summed E-state index contributed by atoms with van der Waals surface area (Å²) in [5.41, 5.74) is 9.47. The number of nitrogens with zero attached hydrogens (tertiary/aromatic N) is 5. The number of aromatic amines is 2. The number of hydrogen-bond acceptors (Lipinski definition) is 7. The number of rotatable bonds is 7. The first-order chi connectivity index (χ1) is 17.2. The average Bonchev–Trinajstić information content (AvgIpc) is 3.63. The molecule has 172 valence electrons. The molecule has 0 bridgehead atoms. The Bertz CT molecular complexity index is 1660.